The summed E-state index contributed by atoms with van der Waals surface area (Å²) in [4.78, 5) is 21.8. The fourth-order valence-electron chi connectivity index (χ4n) is 3.17. The van der Waals surface area contributed by atoms with Gasteiger partial charge in [0.05, 0.1) is 20.9 Å². The monoisotopic (exact) mass is 354 g/mol. The Morgan fingerprint density at radius 3 is 2.68 bits per heavy atom. The van der Waals surface area contributed by atoms with Crippen molar-refractivity contribution in [2.24, 2.45) is 0 Å². The van der Waals surface area contributed by atoms with Gasteiger partial charge in [0.25, 0.3) is 5.69 Å². The fraction of sp³-hybridized carbons (Fsp3) is 0.278. The average molecular weight is 354 g/mol. The molecule has 0 aliphatic carbocycles. The fourth-order valence-corrected chi connectivity index (χ4v) is 4.05. The van der Waals surface area contributed by atoms with Gasteiger partial charge < -0.3 is 9.88 Å². The van der Waals surface area contributed by atoms with E-state index in [4.69, 9.17) is 0 Å². The lowest BCUT2D eigenvalue weighted by Gasteiger charge is -2.28. The molecule has 25 heavy (non-hydrogen) atoms. The van der Waals surface area contributed by atoms with Crippen LogP contribution >= 0.6 is 11.8 Å². The van der Waals surface area contributed by atoms with Crippen LogP contribution in [0.1, 0.15) is 19.3 Å². The summed E-state index contributed by atoms with van der Waals surface area (Å²) in [6, 6.07) is 13.2. The van der Waals surface area contributed by atoms with Gasteiger partial charge in [-0.3, -0.25) is 10.1 Å². The van der Waals surface area contributed by atoms with E-state index in [1.807, 2.05) is 36.4 Å². The van der Waals surface area contributed by atoms with E-state index in [2.05, 4.69) is 14.9 Å². The Morgan fingerprint density at radius 1 is 1.12 bits per heavy atom. The standard InChI is InChI=1S/C18H18N4O2S/c23-22(24)16-12-13(21-10-4-1-5-11-21)8-9-17(16)25-18-19-14-6-2-3-7-15(14)20-18/h2-3,6-9,12H,1,4-5,10-11H2,(H,19,20). The first-order valence-corrected chi connectivity index (χ1v) is 9.18. The highest BCUT2D eigenvalue weighted by molar-refractivity contribution is 7.99. The maximum Gasteiger partial charge on any atom is 0.285 e. The highest BCUT2D eigenvalue weighted by Gasteiger charge is 2.20. The smallest absolute Gasteiger partial charge is 0.285 e. The van der Waals surface area contributed by atoms with Gasteiger partial charge in [-0.15, -0.1) is 0 Å². The van der Waals surface area contributed by atoms with Crippen LogP contribution in [-0.2, 0) is 0 Å². The van der Waals surface area contributed by atoms with E-state index >= 15 is 0 Å². The highest BCUT2D eigenvalue weighted by atomic mass is 32.2. The van der Waals surface area contributed by atoms with Crippen LogP contribution in [0.5, 0.6) is 0 Å². The van der Waals surface area contributed by atoms with Gasteiger partial charge in [-0.25, -0.2) is 4.98 Å². The number of hydrogen-bond acceptors (Lipinski definition) is 5. The summed E-state index contributed by atoms with van der Waals surface area (Å²) in [6.07, 6.45) is 3.52. The second kappa shape index (κ2) is 6.76. The Balaban J connectivity index is 1.65. The number of aromatic nitrogens is 2. The van der Waals surface area contributed by atoms with E-state index in [1.165, 1.54) is 18.2 Å². The molecule has 0 saturated carbocycles. The molecule has 0 radical (unpaired) electrons. The average Bonchev–Trinajstić information content (AvgIpc) is 3.05. The first kappa shape index (κ1) is 16.0. The number of anilines is 1. The molecule has 1 saturated heterocycles. The van der Waals surface area contributed by atoms with Crippen molar-refractivity contribution in [3.8, 4) is 0 Å². The van der Waals surface area contributed by atoms with Gasteiger partial charge in [-0.05, 0) is 55.3 Å². The summed E-state index contributed by atoms with van der Waals surface area (Å²) in [7, 11) is 0. The van der Waals surface area contributed by atoms with E-state index in [9.17, 15) is 10.1 Å². The molecule has 4 rings (SSSR count). The van der Waals surface area contributed by atoms with Crippen molar-refractivity contribution < 1.29 is 4.92 Å². The van der Waals surface area contributed by atoms with E-state index in [-0.39, 0.29) is 10.6 Å². The number of nitro groups is 1. The third-order valence-electron chi connectivity index (χ3n) is 4.43. The van der Waals surface area contributed by atoms with Crippen LogP contribution in [0.15, 0.2) is 52.5 Å². The Hall–Kier alpha value is -2.54. The van der Waals surface area contributed by atoms with Crippen LogP contribution in [0, 0.1) is 10.1 Å². The maximum absolute atomic E-state index is 11.6. The van der Waals surface area contributed by atoms with Crippen molar-refractivity contribution in [2.75, 3.05) is 18.0 Å². The van der Waals surface area contributed by atoms with Crippen molar-refractivity contribution in [3.05, 3.63) is 52.6 Å². The van der Waals surface area contributed by atoms with Crippen LogP contribution < -0.4 is 4.90 Å². The van der Waals surface area contributed by atoms with Crippen molar-refractivity contribution in [1.29, 1.82) is 0 Å². The molecule has 3 aromatic rings. The predicted molar refractivity (Wildman–Crippen MR) is 99.4 cm³/mol. The minimum Gasteiger partial charge on any atom is -0.371 e. The second-order valence-electron chi connectivity index (χ2n) is 6.12. The Morgan fingerprint density at radius 2 is 1.92 bits per heavy atom. The quantitative estimate of drug-likeness (QED) is 0.547. The summed E-state index contributed by atoms with van der Waals surface area (Å²) in [5.41, 5.74) is 2.85. The van der Waals surface area contributed by atoms with Gasteiger partial charge in [-0.1, -0.05) is 12.1 Å². The molecule has 1 aromatic heterocycles. The molecule has 2 aromatic carbocycles. The van der Waals surface area contributed by atoms with E-state index < -0.39 is 0 Å². The van der Waals surface area contributed by atoms with Crippen LogP contribution in [0.25, 0.3) is 11.0 Å². The highest BCUT2D eigenvalue weighted by Crippen LogP contribution is 2.37. The predicted octanol–water partition coefficient (Wildman–Crippen LogP) is 4.61. The number of imidazole rings is 1. The Kier molecular flexibility index (Phi) is 4.31. The first-order chi connectivity index (χ1) is 12.2. The zero-order valence-corrected chi connectivity index (χ0v) is 14.5. The van der Waals surface area contributed by atoms with Crippen LogP contribution in [-0.4, -0.2) is 28.0 Å². The number of rotatable bonds is 4. The third kappa shape index (κ3) is 3.32. The second-order valence-corrected chi connectivity index (χ2v) is 7.15. The molecule has 0 amide bonds. The number of fused-ring (bicyclic) bond motifs is 1. The minimum absolute atomic E-state index is 0.133. The summed E-state index contributed by atoms with van der Waals surface area (Å²) in [5.74, 6) is 0. The van der Waals surface area contributed by atoms with E-state index in [0.717, 1.165) is 42.7 Å². The summed E-state index contributed by atoms with van der Waals surface area (Å²) in [5, 5.41) is 12.2. The molecule has 0 bridgehead atoms. The van der Waals surface area contributed by atoms with Crippen LogP contribution in [0.4, 0.5) is 11.4 Å². The normalized spacial score (nSPS) is 14.8. The van der Waals surface area contributed by atoms with Gasteiger partial charge in [0, 0.05) is 24.8 Å². The lowest BCUT2D eigenvalue weighted by Crippen LogP contribution is -2.29. The SMILES string of the molecule is O=[N+]([O-])c1cc(N2CCCCC2)ccc1Sc1nc2ccccc2[nH]1. The molecule has 1 N–H and O–H groups in total. The maximum atomic E-state index is 11.6. The van der Waals surface area contributed by atoms with Crippen molar-refractivity contribution >= 4 is 34.2 Å². The van der Waals surface area contributed by atoms with Crippen LogP contribution in [0.3, 0.4) is 0 Å². The zero-order chi connectivity index (χ0) is 17.2. The number of nitrogens with one attached hydrogen (secondary N) is 1. The summed E-state index contributed by atoms with van der Waals surface area (Å²) >= 11 is 1.30. The largest absolute Gasteiger partial charge is 0.371 e. The first-order valence-electron chi connectivity index (χ1n) is 8.37. The third-order valence-corrected chi connectivity index (χ3v) is 5.39. The van der Waals surface area contributed by atoms with E-state index in [1.54, 1.807) is 6.07 Å². The number of benzene rings is 2. The molecule has 6 nitrogen and oxygen atoms in total. The topological polar surface area (TPSA) is 75.1 Å². The van der Waals surface area contributed by atoms with Crippen molar-refractivity contribution in [2.45, 2.75) is 29.3 Å². The van der Waals surface area contributed by atoms with Crippen LogP contribution in [0.2, 0.25) is 0 Å². The Labute approximate surface area is 149 Å². The summed E-state index contributed by atoms with van der Waals surface area (Å²) < 4.78 is 0. The number of hydrogen-bond donors (Lipinski definition) is 1. The minimum atomic E-state index is -0.307. The van der Waals surface area contributed by atoms with Gasteiger partial charge in [0.15, 0.2) is 5.16 Å². The van der Waals surface area contributed by atoms with Crippen molar-refractivity contribution in [3.63, 3.8) is 0 Å². The van der Waals surface area contributed by atoms with Crippen molar-refractivity contribution in [1.82, 2.24) is 9.97 Å². The van der Waals surface area contributed by atoms with Gasteiger partial charge in [-0.2, -0.15) is 0 Å². The zero-order valence-electron chi connectivity index (χ0n) is 13.6. The van der Waals surface area contributed by atoms with E-state index in [0.29, 0.717) is 10.1 Å². The number of nitro benzene ring substituents is 1. The Bertz CT molecular complexity index is 885. The molecule has 1 aliphatic heterocycles. The number of piperidine rings is 1. The lowest BCUT2D eigenvalue weighted by molar-refractivity contribution is -0.387. The molecule has 2 heterocycles. The molecule has 128 valence electrons. The van der Waals surface area contributed by atoms with Gasteiger partial charge in [0.2, 0.25) is 0 Å². The molecule has 0 atom stereocenters. The van der Waals surface area contributed by atoms with Gasteiger partial charge in [0.1, 0.15) is 0 Å². The number of nitrogens with zero attached hydrogens (tertiary/aromatic N) is 3. The number of H-pyrrole nitrogens is 1. The molecule has 0 spiro atoms. The molecule has 1 aliphatic rings. The molecule has 7 heteroatoms. The molecule has 1 fully saturated rings. The number of para-hydroxylation sites is 2. The number of aromatic amines is 1. The molecule has 0 unspecified atom stereocenters. The molecular weight excluding hydrogens is 336 g/mol. The lowest BCUT2D eigenvalue weighted by atomic mass is 10.1. The summed E-state index contributed by atoms with van der Waals surface area (Å²) in [6.45, 7) is 1.93. The van der Waals surface area contributed by atoms with Gasteiger partial charge >= 0.3 is 0 Å². The molecular formula is C18H18N4O2S.